The highest BCUT2D eigenvalue weighted by Gasteiger charge is 2.31. The van der Waals surface area contributed by atoms with Crippen LogP contribution in [0.15, 0.2) is 0 Å². The molecule has 0 amide bonds. The first-order valence-electron chi connectivity index (χ1n) is 6.48. The fourth-order valence-electron chi connectivity index (χ4n) is 2.14. The van der Waals surface area contributed by atoms with Crippen molar-refractivity contribution in [2.45, 2.75) is 77.6 Å². The first-order valence-corrected chi connectivity index (χ1v) is 6.48. The highest BCUT2D eigenvalue weighted by molar-refractivity contribution is 4.70. The van der Waals surface area contributed by atoms with E-state index in [0.29, 0.717) is 6.10 Å². The Morgan fingerprint density at radius 2 is 1.93 bits per heavy atom. The maximum Gasteiger partial charge on any atom is 0.165 e. The number of hydrogen-bond donors (Lipinski definition) is 0. The molecule has 1 heterocycles. The molecule has 1 rings (SSSR count). The molecule has 0 saturated carbocycles. The minimum Gasteiger partial charge on any atom is -0.350 e. The van der Waals surface area contributed by atoms with E-state index in [1.807, 2.05) is 0 Å². The van der Waals surface area contributed by atoms with Gasteiger partial charge in [-0.15, -0.1) is 0 Å². The zero-order chi connectivity index (χ0) is 11.1. The zero-order valence-corrected chi connectivity index (χ0v) is 10.6. The summed E-state index contributed by atoms with van der Waals surface area (Å²) in [5.41, 5.74) is 0. The molecule has 2 atom stereocenters. The van der Waals surface area contributed by atoms with Gasteiger partial charge < -0.3 is 9.47 Å². The van der Waals surface area contributed by atoms with Crippen molar-refractivity contribution in [2.75, 3.05) is 6.61 Å². The first kappa shape index (κ1) is 13.0. The number of unbranched alkanes of at least 4 members (excludes halogenated alkanes) is 4. The molecule has 0 N–H and O–H groups in total. The topological polar surface area (TPSA) is 18.5 Å². The van der Waals surface area contributed by atoms with Gasteiger partial charge in [-0.1, -0.05) is 32.6 Å². The van der Waals surface area contributed by atoms with Gasteiger partial charge in [-0.05, 0) is 26.7 Å². The lowest BCUT2D eigenvalue weighted by molar-refractivity contribution is -0.283. The summed E-state index contributed by atoms with van der Waals surface area (Å²) in [6.07, 6.45) is 8.98. The van der Waals surface area contributed by atoms with Crippen LogP contribution in [0.1, 0.15) is 65.7 Å². The Kier molecular flexibility index (Phi) is 5.62. The van der Waals surface area contributed by atoms with Crippen LogP contribution in [0.3, 0.4) is 0 Å². The molecule has 0 radical (unpaired) electrons. The van der Waals surface area contributed by atoms with Gasteiger partial charge in [-0.3, -0.25) is 0 Å². The van der Waals surface area contributed by atoms with Gasteiger partial charge in [-0.2, -0.15) is 0 Å². The van der Waals surface area contributed by atoms with Gasteiger partial charge in [0.15, 0.2) is 5.79 Å². The Hall–Kier alpha value is -0.0800. The molecule has 0 bridgehead atoms. The summed E-state index contributed by atoms with van der Waals surface area (Å²) >= 11 is 0. The number of hydrogen-bond acceptors (Lipinski definition) is 2. The van der Waals surface area contributed by atoms with Gasteiger partial charge in [0.25, 0.3) is 0 Å². The minimum atomic E-state index is -0.302. The predicted octanol–water partition coefficient (Wildman–Crippen LogP) is 3.89. The van der Waals surface area contributed by atoms with E-state index in [4.69, 9.17) is 9.47 Å². The third-order valence-electron chi connectivity index (χ3n) is 3.12. The molecule has 1 fully saturated rings. The second-order valence-corrected chi connectivity index (χ2v) is 4.86. The maximum absolute atomic E-state index is 5.86. The van der Waals surface area contributed by atoms with Crippen LogP contribution >= 0.6 is 0 Å². The molecule has 0 aliphatic carbocycles. The van der Waals surface area contributed by atoms with E-state index in [1.165, 1.54) is 32.1 Å². The third-order valence-corrected chi connectivity index (χ3v) is 3.12. The molecular formula is C13H26O2. The Morgan fingerprint density at radius 1 is 1.20 bits per heavy atom. The van der Waals surface area contributed by atoms with Crippen LogP contribution in [0, 0.1) is 0 Å². The third kappa shape index (κ3) is 4.98. The predicted molar refractivity (Wildman–Crippen MR) is 62.9 cm³/mol. The molecule has 90 valence electrons. The summed E-state index contributed by atoms with van der Waals surface area (Å²) in [5.74, 6) is -0.302. The highest BCUT2D eigenvalue weighted by Crippen LogP contribution is 2.27. The smallest absolute Gasteiger partial charge is 0.165 e. The van der Waals surface area contributed by atoms with Gasteiger partial charge >= 0.3 is 0 Å². The average Bonchev–Trinajstić information content (AvgIpc) is 2.17. The Labute approximate surface area is 94.3 Å². The molecule has 0 aromatic heterocycles. The van der Waals surface area contributed by atoms with Crippen molar-refractivity contribution in [1.29, 1.82) is 0 Å². The SMILES string of the molecule is CCCCCCC[C@@]1(C)OCC[C@H](C)O1. The summed E-state index contributed by atoms with van der Waals surface area (Å²) < 4.78 is 11.6. The first-order chi connectivity index (χ1) is 7.16. The molecule has 0 aromatic carbocycles. The van der Waals surface area contributed by atoms with Crippen molar-refractivity contribution in [1.82, 2.24) is 0 Å². The Bertz CT molecular complexity index is 170. The molecule has 1 aliphatic rings. The monoisotopic (exact) mass is 214 g/mol. The van der Waals surface area contributed by atoms with Crippen molar-refractivity contribution in [2.24, 2.45) is 0 Å². The van der Waals surface area contributed by atoms with Crippen molar-refractivity contribution in [3.63, 3.8) is 0 Å². The molecule has 15 heavy (non-hydrogen) atoms. The number of rotatable bonds is 6. The molecule has 2 nitrogen and oxygen atoms in total. The molecule has 0 unspecified atom stereocenters. The second-order valence-electron chi connectivity index (χ2n) is 4.86. The fourth-order valence-corrected chi connectivity index (χ4v) is 2.14. The molecule has 0 aromatic rings. The van der Waals surface area contributed by atoms with E-state index in [0.717, 1.165) is 19.4 Å². The van der Waals surface area contributed by atoms with Gasteiger partial charge in [0.2, 0.25) is 0 Å². The average molecular weight is 214 g/mol. The largest absolute Gasteiger partial charge is 0.350 e. The zero-order valence-electron chi connectivity index (χ0n) is 10.6. The van der Waals surface area contributed by atoms with Crippen LogP contribution in [-0.4, -0.2) is 18.5 Å². The van der Waals surface area contributed by atoms with Gasteiger partial charge in [-0.25, -0.2) is 0 Å². The lowest BCUT2D eigenvalue weighted by Crippen LogP contribution is -2.41. The quantitative estimate of drug-likeness (QED) is 0.624. The van der Waals surface area contributed by atoms with Gasteiger partial charge in [0, 0.05) is 6.42 Å². The summed E-state index contributed by atoms with van der Waals surface area (Å²) in [6.45, 7) is 7.32. The standard InChI is InChI=1S/C13H26O2/c1-4-5-6-7-8-10-13(3)14-11-9-12(2)15-13/h12H,4-11H2,1-3H3/t12-,13-/m0/s1. The fraction of sp³-hybridized carbons (Fsp3) is 1.00. The van der Waals surface area contributed by atoms with Gasteiger partial charge in [0.1, 0.15) is 0 Å². The van der Waals surface area contributed by atoms with Crippen molar-refractivity contribution in [3.8, 4) is 0 Å². The van der Waals surface area contributed by atoms with Crippen LogP contribution in [0.5, 0.6) is 0 Å². The summed E-state index contributed by atoms with van der Waals surface area (Å²) in [7, 11) is 0. The normalized spacial score (nSPS) is 31.8. The summed E-state index contributed by atoms with van der Waals surface area (Å²) in [5, 5.41) is 0. The maximum atomic E-state index is 5.86. The second kappa shape index (κ2) is 6.49. The summed E-state index contributed by atoms with van der Waals surface area (Å²) in [6, 6.07) is 0. The van der Waals surface area contributed by atoms with E-state index >= 15 is 0 Å². The molecule has 1 aliphatic heterocycles. The van der Waals surface area contributed by atoms with Gasteiger partial charge in [0.05, 0.1) is 12.7 Å². The lowest BCUT2D eigenvalue weighted by Gasteiger charge is -2.37. The molecule has 2 heteroatoms. The van der Waals surface area contributed by atoms with Crippen LogP contribution < -0.4 is 0 Å². The van der Waals surface area contributed by atoms with E-state index < -0.39 is 0 Å². The van der Waals surface area contributed by atoms with E-state index in [2.05, 4.69) is 20.8 Å². The van der Waals surface area contributed by atoms with Crippen molar-refractivity contribution < 1.29 is 9.47 Å². The van der Waals surface area contributed by atoms with Crippen LogP contribution in [-0.2, 0) is 9.47 Å². The summed E-state index contributed by atoms with van der Waals surface area (Å²) in [4.78, 5) is 0. The number of ether oxygens (including phenoxy) is 2. The van der Waals surface area contributed by atoms with E-state index in [-0.39, 0.29) is 5.79 Å². The Morgan fingerprint density at radius 3 is 2.60 bits per heavy atom. The molecular weight excluding hydrogens is 188 g/mol. The molecule has 1 saturated heterocycles. The van der Waals surface area contributed by atoms with Crippen molar-refractivity contribution >= 4 is 0 Å². The van der Waals surface area contributed by atoms with Crippen LogP contribution in [0.2, 0.25) is 0 Å². The minimum absolute atomic E-state index is 0.302. The Balaban J connectivity index is 2.12. The lowest BCUT2D eigenvalue weighted by atomic mass is 10.1. The highest BCUT2D eigenvalue weighted by atomic mass is 16.7. The van der Waals surface area contributed by atoms with Crippen LogP contribution in [0.25, 0.3) is 0 Å². The van der Waals surface area contributed by atoms with E-state index in [1.54, 1.807) is 0 Å². The molecule has 0 spiro atoms. The van der Waals surface area contributed by atoms with Crippen molar-refractivity contribution in [3.05, 3.63) is 0 Å². The van der Waals surface area contributed by atoms with Crippen LogP contribution in [0.4, 0.5) is 0 Å². The van der Waals surface area contributed by atoms with E-state index in [9.17, 15) is 0 Å².